The van der Waals surface area contributed by atoms with Crippen LogP contribution in [0.25, 0.3) is 0 Å². The highest BCUT2D eigenvalue weighted by Gasteiger charge is 2.15. The molecule has 1 fully saturated rings. The van der Waals surface area contributed by atoms with E-state index in [1.807, 2.05) is 0 Å². The quantitative estimate of drug-likeness (QED) is 0.658. The highest BCUT2D eigenvalue weighted by molar-refractivity contribution is 4.71. The third-order valence-electron chi connectivity index (χ3n) is 3.23. The monoisotopic (exact) mass is 198 g/mol. The summed E-state index contributed by atoms with van der Waals surface area (Å²) in [7, 11) is 2.23. The molecule has 0 amide bonds. The average molecular weight is 198 g/mol. The SMILES string of the molecule is CCCCCNCC1CCN(C)CC1. The van der Waals surface area contributed by atoms with Crippen molar-refractivity contribution in [1.82, 2.24) is 10.2 Å². The molecule has 1 aliphatic heterocycles. The van der Waals surface area contributed by atoms with Crippen LogP contribution in [0.2, 0.25) is 0 Å². The molecule has 0 unspecified atom stereocenters. The van der Waals surface area contributed by atoms with Crippen LogP contribution in [0, 0.1) is 5.92 Å². The Morgan fingerprint density at radius 3 is 2.57 bits per heavy atom. The van der Waals surface area contributed by atoms with Crippen LogP contribution in [0.15, 0.2) is 0 Å². The highest BCUT2D eigenvalue weighted by Crippen LogP contribution is 2.14. The zero-order valence-corrected chi connectivity index (χ0v) is 9.89. The highest BCUT2D eigenvalue weighted by atomic mass is 15.1. The summed E-state index contributed by atoms with van der Waals surface area (Å²) in [6.45, 7) is 7.32. The molecule has 1 aliphatic rings. The number of hydrogen-bond donors (Lipinski definition) is 1. The number of likely N-dealkylation sites (tertiary alicyclic amines) is 1. The van der Waals surface area contributed by atoms with Crippen LogP contribution in [-0.2, 0) is 0 Å². The molecule has 0 aromatic heterocycles. The van der Waals surface area contributed by atoms with Crippen LogP contribution in [0.5, 0.6) is 0 Å². The number of unbranched alkanes of at least 4 members (excludes halogenated alkanes) is 2. The first kappa shape index (κ1) is 12.0. The standard InChI is InChI=1S/C12H26N2/c1-3-4-5-8-13-11-12-6-9-14(2)10-7-12/h12-13H,3-11H2,1-2H3. The average Bonchev–Trinajstić information content (AvgIpc) is 2.21. The number of piperidine rings is 1. The van der Waals surface area contributed by atoms with Crippen LogP contribution in [0.3, 0.4) is 0 Å². The van der Waals surface area contributed by atoms with Gasteiger partial charge in [0.05, 0.1) is 0 Å². The largest absolute Gasteiger partial charge is 0.316 e. The molecule has 0 aromatic rings. The molecule has 2 nitrogen and oxygen atoms in total. The second kappa shape index (κ2) is 7.24. The van der Waals surface area contributed by atoms with Gasteiger partial charge in [0.25, 0.3) is 0 Å². The second-order valence-electron chi connectivity index (χ2n) is 4.66. The third-order valence-corrected chi connectivity index (χ3v) is 3.23. The first-order chi connectivity index (χ1) is 6.83. The van der Waals surface area contributed by atoms with Crippen LogP contribution in [0.1, 0.15) is 39.0 Å². The van der Waals surface area contributed by atoms with E-state index in [2.05, 4.69) is 24.2 Å². The lowest BCUT2D eigenvalue weighted by molar-refractivity contribution is 0.216. The van der Waals surface area contributed by atoms with Crippen LogP contribution in [0.4, 0.5) is 0 Å². The van der Waals surface area contributed by atoms with Crippen molar-refractivity contribution >= 4 is 0 Å². The molecule has 0 aromatic carbocycles. The molecule has 0 saturated carbocycles. The van der Waals surface area contributed by atoms with Gasteiger partial charge in [-0.1, -0.05) is 19.8 Å². The van der Waals surface area contributed by atoms with Crippen molar-refractivity contribution < 1.29 is 0 Å². The third kappa shape index (κ3) is 4.97. The number of hydrogen-bond acceptors (Lipinski definition) is 2. The van der Waals surface area contributed by atoms with Gasteiger partial charge in [-0.3, -0.25) is 0 Å². The first-order valence-electron chi connectivity index (χ1n) is 6.22. The maximum absolute atomic E-state index is 3.59. The Labute approximate surface area is 89.1 Å². The molecule has 1 rings (SSSR count). The van der Waals surface area contributed by atoms with Gasteiger partial charge in [0.15, 0.2) is 0 Å². The van der Waals surface area contributed by atoms with Crippen molar-refractivity contribution in [3.63, 3.8) is 0 Å². The van der Waals surface area contributed by atoms with Crippen molar-refractivity contribution in [2.75, 3.05) is 33.2 Å². The molecule has 14 heavy (non-hydrogen) atoms. The summed E-state index contributed by atoms with van der Waals surface area (Å²) in [6, 6.07) is 0. The van der Waals surface area contributed by atoms with E-state index in [9.17, 15) is 0 Å². The number of nitrogens with one attached hydrogen (secondary N) is 1. The predicted octanol–water partition coefficient (Wildman–Crippen LogP) is 2.11. The molecular weight excluding hydrogens is 172 g/mol. The molecule has 1 heterocycles. The molecule has 84 valence electrons. The zero-order chi connectivity index (χ0) is 10.2. The van der Waals surface area contributed by atoms with E-state index in [4.69, 9.17) is 0 Å². The minimum Gasteiger partial charge on any atom is -0.316 e. The van der Waals surface area contributed by atoms with Gasteiger partial charge in [0.1, 0.15) is 0 Å². The fraction of sp³-hybridized carbons (Fsp3) is 1.00. The Kier molecular flexibility index (Phi) is 6.20. The Bertz CT molecular complexity index is 128. The Balaban J connectivity index is 1.91. The van der Waals surface area contributed by atoms with Crippen LogP contribution in [-0.4, -0.2) is 38.1 Å². The van der Waals surface area contributed by atoms with E-state index in [-0.39, 0.29) is 0 Å². The fourth-order valence-electron chi connectivity index (χ4n) is 2.07. The summed E-state index contributed by atoms with van der Waals surface area (Å²) >= 11 is 0. The van der Waals surface area contributed by atoms with E-state index in [1.54, 1.807) is 0 Å². The van der Waals surface area contributed by atoms with E-state index in [0.29, 0.717) is 0 Å². The smallest absolute Gasteiger partial charge is 0.00187 e. The Morgan fingerprint density at radius 2 is 1.93 bits per heavy atom. The molecular formula is C12H26N2. The van der Waals surface area contributed by atoms with Gasteiger partial charge < -0.3 is 10.2 Å². The molecule has 0 aliphatic carbocycles. The summed E-state index contributed by atoms with van der Waals surface area (Å²) in [5.74, 6) is 0.938. The van der Waals surface area contributed by atoms with E-state index < -0.39 is 0 Å². The summed E-state index contributed by atoms with van der Waals surface area (Å²) in [5, 5.41) is 3.59. The summed E-state index contributed by atoms with van der Waals surface area (Å²) in [4.78, 5) is 2.44. The molecule has 1 saturated heterocycles. The number of nitrogens with zero attached hydrogens (tertiary/aromatic N) is 1. The lowest BCUT2D eigenvalue weighted by Gasteiger charge is -2.29. The van der Waals surface area contributed by atoms with Gasteiger partial charge >= 0.3 is 0 Å². The van der Waals surface area contributed by atoms with E-state index >= 15 is 0 Å². The van der Waals surface area contributed by atoms with E-state index in [0.717, 1.165) is 5.92 Å². The summed E-state index contributed by atoms with van der Waals surface area (Å²) < 4.78 is 0. The first-order valence-corrected chi connectivity index (χ1v) is 6.22. The Hall–Kier alpha value is -0.0800. The minimum atomic E-state index is 0.938. The van der Waals surface area contributed by atoms with Gasteiger partial charge in [-0.05, 0) is 58.4 Å². The van der Waals surface area contributed by atoms with Gasteiger partial charge in [-0.25, -0.2) is 0 Å². The normalized spacial score (nSPS) is 20.1. The second-order valence-corrected chi connectivity index (χ2v) is 4.66. The van der Waals surface area contributed by atoms with E-state index in [1.165, 1.54) is 58.3 Å². The lowest BCUT2D eigenvalue weighted by Crippen LogP contribution is -2.35. The van der Waals surface area contributed by atoms with Gasteiger partial charge in [-0.2, -0.15) is 0 Å². The maximum atomic E-state index is 3.59. The van der Waals surface area contributed by atoms with Crippen molar-refractivity contribution in [1.29, 1.82) is 0 Å². The minimum absolute atomic E-state index is 0.938. The van der Waals surface area contributed by atoms with Crippen molar-refractivity contribution in [2.45, 2.75) is 39.0 Å². The predicted molar refractivity (Wildman–Crippen MR) is 62.6 cm³/mol. The molecule has 2 heteroatoms. The fourth-order valence-corrected chi connectivity index (χ4v) is 2.07. The maximum Gasteiger partial charge on any atom is -0.00187 e. The number of rotatable bonds is 6. The molecule has 0 atom stereocenters. The zero-order valence-electron chi connectivity index (χ0n) is 9.89. The van der Waals surface area contributed by atoms with Crippen molar-refractivity contribution in [3.05, 3.63) is 0 Å². The summed E-state index contributed by atoms with van der Waals surface area (Å²) in [5.41, 5.74) is 0. The van der Waals surface area contributed by atoms with Crippen LogP contribution < -0.4 is 5.32 Å². The van der Waals surface area contributed by atoms with Crippen molar-refractivity contribution in [3.8, 4) is 0 Å². The lowest BCUT2D eigenvalue weighted by atomic mass is 9.97. The molecule has 1 N–H and O–H groups in total. The van der Waals surface area contributed by atoms with Gasteiger partial charge in [-0.15, -0.1) is 0 Å². The van der Waals surface area contributed by atoms with Crippen molar-refractivity contribution in [2.24, 2.45) is 5.92 Å². The molecule has 0 bridgehead atoms. The topological polar surface area (TPSA) is 15.3 Å². The molecule has 0 spiro atoms. The van der Waals surface area contributed by atoms with Gasteiger partial charge in [0, 0.05) is 0 Å². The molecule has 0 radical (unpaired) electrons. The van der Waals surface area contributed by atoms with Gasteiger partial charge in [0.2, 0.25) is 0 Å². The van der Waals surface area contributed by atoms with Crippen LogP contribution >= 0.6 is 0 Å². The summed E-state index contributed by atoms with van der Waals surface area (Å²) in [6.07, 6.45) is 6.83. The Morgan fingerprint density at radius 1 is 1.21 bits per heavy atom.